The van der Waals surface area contributed by atoms with Gasteiger partial charge in [-0.25, -0.2) is 0 Å². The number of alkyl halides is 4. The van der Waals surface area contributed by atoms with Crippen LogP contribution in [0.2, 0.25) is 0 Å². The minimum Gasteiger partial charge on any atom is -0.381 e. The first kappa shape index (κ1) is 13.3. The zero-order valence-corrected chi connectivity index (χ0v) is 9.81. The lowest BCUT2D eigenvalue weighted by Gasteiger charge is -2.22. The van der Waals surface area contributed by atoms with E-state index >= 15 is 0 Å². The highest BCUT2D eigenvalue weighted by Crippen LogP contribution is 2.26. The molecule has 0 spiro atoms. The van der Waals surface area contributed by atoms with E-state index < -0.39 is 11.0 Å². The van der Waals surface area contributed by atoms with Gasteiger partial charge in [-0.1, -0.05) is 15.9 Å². The highest BCUT2D eigenvalue weighted by Gasteiger charge is 2.37. The minimum atomic E-state index is -4.23. The van der Waals surface area contributed by atoms with E-state index in [0.717, 1.165) is 12.8 Å². The summed E-state index contributed by atoms with van der Waals surface area (Å²) in [6, 6.07) is 0. The summed E-state index contributed by atoms with van der Waals surface area (Å²) in [6.45, 7) is 1.44. The van der Waals surface area contributed by atoms with E-state index in [4.69, 9.17) is 9.47 Å². The minimum absolute atomic E-state index is 0.319. The third-order valence-electron chi connectivity index (χ3n) is 2.31. The van der Waals surface area contributed by atoms with Crippen LogP contribution >= 0.6 is 15.9 Å². The van der Waals surface area contributed by atoms with Gasteiger partial charge >= 0.3 is 6.18 Å². The molecule has 1 atom stereocenters. The van der Waals surface area contributed by atoms with Crippen molar-refractivity contribution in [1.82, 2.24) is 0 Å². The smallest absolute Gasteiger partial charge is 0.381 e. The van der Waals surface area contributed by atoms with Gasteiger partial charge in [-0.2, -0.15) is 13.2 Å². The van der Waals surface area contributed by atoms with Crippen molar-refractivity contribution in [3.05, 3.63) is 0 Å². The Morgan fingerprint density at radius 3 is 2.47 bits per heavy atom. The predicted octanol–water partition coefficient (Wildman–Crippen LogP) is 2.76. The molecule has 0 N–H and O–H groups in total. The zero-order valence-electron chi connectivity index (χ0n) is 8.23. The van der Waals surface area contributed by atoms with Crippen molar-refractivity contribution < 1.29 is 22.6 Å². The quantitative estimate of drug-likeness (QED) is 0.742. The molecule has 1 saturated heterocycles. The van der Waals surface area contributed by atoms with Crippen LogP contribution in [-0.4, -0.2) is 37.4 Å². The summed E-state index contributed by atoms with van der Waals surface area (Å²) in [7, 11) is 0. The Kier molecular flexibility index (Phi) is 5.35. The molecule has 1 rings (SSSR count). The highest BCUT2D eigenvalue weighted by atomic mass is 79.9. The molecular formula is C9H14BrF3O2. The van der Waals surface area contributed by atoms with Gasteiger partial charge in [0.15, 0.2) is 0 Å². The summed E-state index contributed by atoms with van der Waals surface area (Å²) >= 11 is 2.55. The normalized spacial score (nSPS) is 21.6. The molecule has 1 heterocycles. The summed E-state index contributed by atoms with van der Waals surface area (Å²) in [5.74, 6) is 0.340. The van der Waals surface area contributed by atoms with Crippen LogP contribution in [-0.2, 0) is 9.47 Å². The van der Waals surface area contributed by atoms with Gasteiger partial charge in [0.1, 0.15) is 4.83 Å². The molecule has 0 radical (unpaired) electrons. The van der Waals surface area contributed by atoms with Crippen molar-refractivity contribution >= 4 is 15.9 Å². The second-order valence-electron chi connectivity index (χ2n) is 3.60. The van der Waals surface area contributed by atoms with Gasteiger partial charge in [-0.15, -0.1) is 0 Å². The van der Waals surface area contributed by atoms with Gasteiger partial charge in [-0.05, 0) is 18.8 Å². The molecule has 0 aliphatic carbocycles. The van der Waals surface area contributed by atoms with E-state index in [1.54, 1.807) is 0 Å². The lowest BCUT2D eigenvalue weighted by molar-refractivity contribution is -0.138. The van der Waals surface area contributed by atoms with E-state index in [1.807, 2.05) is 0 Å². The molecule has 15 heavy (non-hydrogen) atoms. The molecule has 0 aromatic rings. The molecule has 1 unspecified atom stereocenters. The third-order valence-corrected chi connectivity index (χ3v) is 3.10. The molecule has 6 heteroatoms. The Morgan fingerprint density at radius 1 is 1.33 bits per heavy atom. The van der Waals surface area contributed by atoms with Crippen LogP contribution < -0.4 is 0 Å². The molecule has 0 amide bonds. The molecule has 2 nitrogen and oxygen atoms in total. The standard InChI is InChI=1S/C9H14BrF3O2/c10-8(9(11,12)13)6-15-5-7-1-3-14-4-2-7/h7-8H,1-6H2. The first-order valence-corrected chi connectivity index (χ1v) is 5.78. The fraction of sp³-hybridized carbons (Fsp3) is 1.00. The Morgan fingerprint density at radius 2 is 1.93 bits per heavy atom. The van der Waals surface area contributed by atoms with Crippen LogP contribution in [0.1, 0.15) is 12.8 Å². The monoisotopic (exact) mass is 290 g/mol. The maximum Gasteiger partial charge on any atom is 0.403 e. The van der Waals surface area contributed by atoms with Crippen molar-refractivity contribution in [3.63, 3.8) is 0 Å². The fourth-order valence-corrected chi connectivity index (χ4v) is 1.53. The molecule has 0 aromatic carbocycles. The molecule has 90 valence electrons. The summed E-state index contributed by atoms with van der Waals surface area (Å²) in [5, 5.41) is 0. The summed E-state index contributed by atoms with van der Waals surface area (Å²) in [4.78, 5) is -1.56. The highest BCUT2D eigenvalue weighted by molar-refractivity contribution is 9.09. The molecule has 1 aliphatic heterocycles. The maximum absolute atomic E-state index is 12.1. The Bertz CT molecular complexity index is 181. The van der Waals surface area contributed by atoms with Crippen LogP contribution in [0.25, 0.3) is 0 Å². The van der Waals surface area contributed by atoms with Crippen molar-refractivity contribution in [1.29, 1.82) is 0 Å². The van der Waals surface area contributed by atoms with Gasteiger partial charge in [0.2, 0.25) is 0 Å². The first-order chi connectivity index (χ1) is 7.00. The van der Waals surface area contributed by atoms with Crippen molar-refractivity contribution in [2.75, 3.05) is 26.4 Å². The maximum atomic E-state index is 12.1. The van der Waals surface area contributed by atoms with Gasteiger partial charge < -0.3 is 9.47 Å². The van der Waals surface area contributed by atoms with Crippen LogP contribution in [0.15, 0.2) is 0 Å². The molecule has 1 fully saturated rings. The molecule has 1 aliphatic rings. The Hall–Kier alpha value is 0.190. The molecular weight excluding hydrogens is 277 g/mol. The van der Waals surface area contributed by atoms with E-state index in [1.165, 1.54) is 0 Å². The zero-order chi connectivity index (χ0) is 11.3. The van der Waals surface area contributed by atoms with Crippen molar-refractivity contribution in [2.45, 2.75) is 23.8 Å². The van der Waals surface area contributed by atoms with E-state index in [2.05, 4.69) is 15.9 Å². The predicted molar refractivity (Wildman–Crippen MR) is 53.1 cm³/mol. The average molecular weight is 291 g/mol. The number of hydrogen-bond acceptors (Lipinski definition) is 2. The summed E-state index contributed by atoms with van der Waals surface area (Å²) < 4.78 is 46.4. The number of hydrogen-bond donors (Lipinski definition) is 0. The van der Waals surface area contributed by atoms with Gasteiger partial charge in [0.05, 0.1) is 6.61 Å². The molecule has 0 aromatic heterocycles. The first-order valence-electron chi connectivity index (χ1n) is 4.86. The van der Waals surface area contributed by atoms with Crippen LogP contribution in [0.4, 0.5) is 13.2 Å². The fourth-order valence-electron chi connectivity index (χ4n) is 1.35. The average Bonchev–Trinajstić information content (AvgIpc) is 2.18. The molecule has 0 saturated carbocycles. The second kappa shape index (κ2) is 6.06. The SMILES string of the molecule is FC(F)(F)C(Br)COCC1CCOCC1. The van der Waals surface area contributed by atoms with Gasteiger partial charge in [-0.3, -0.25) is 0 Å². The summed E-state index contributed by atoms with van der Waals surface area (Å²) in [6.07, 6.45) is -2.48. The van der Waals surface area contributed by atoms with Crippen LogP contribution in [0.3, 0.4) is 0 Å². The Labute approximate surface area is 95.2 Å². The number of rotatable bonds is 4. The van der Waals surface area contributed by atoms with Crippen molar-refractivity contribution in [2.24, 2.45) is 5.92 Å². The number of ether oxygens (including phenoxy) is 2. The second-order valence-corrected chi connectivity index (χ2v) is 4.71. The van der Waals surface area contributed by atoms with Crippen LogP contribution in [0, 0.1) is 5.92 Å². The van der Waals surface area contributed by atoms with E-state index in [0.29, 0.717) is 25.7 Å². The van der Waals surface area contributed by atoms with Gasteiger partial charge in [0.25, 0.3) is 0 Å². The lowest BCUT2D eigenvalue weighted by Crippen LogP contribution is -2.29. The van der Waals surface area contributed by atoms with Gasteiger partial charge in [0, 0.05) is 19.8 Å². The van der Waals surface area contributed by atoms with Crippen molar-refractivity contribution in [3.8, 4) is 0 Å². The van der Waals surface area contributed by atoms with E-state index in [9.17, 15) is 13.2 Å². The summed E-state index contributed by atoms with van der Waals surface area (Å²) in [5.41, 5.74) is 0. The number of halogens is 4. The van der Waals surface area contributed by atoms with Crippen LogP contribution in [0.5, 0.6) is 0 Å². The Balaban J connectivity index is 2.10. The lowest BCUT2D eigenvalue weighted by atomic mass is 10.0. The largest absolute Gasteiger partial charge is 0.403 e. The topological polar surface area (TPSA) is 18.5 Å². The molecule has 0 bridgehead atoms. The third kappa shape index (κ3) is 5.17. The van der Waals surface area contributed by atoms with E-state index in [-0.39, 0.29) is 6.61 Å².